The van der Waals surface area contributed by atoms with Gasteiger partial charge in [-0.15, -0.1) is 0 Å². The van der Waals surface area contributed by atoms with Crippen molar-refractivity contribution in [3.05, 3.63) is 279 Å². The second kappa shape index (κ2) is 18.5. The van der Waals surface area contributed by atoms with Gasteiger partial charge in [0.25, 0.3) is 0 Å². The number of hydrogen-bond donors (Lipinski definition) is 0. The lowest BCUT2D eigenvalue weighted by molar-refractivity contribution is 0.840. The fraction of sp³-hybridized carbons (Fsp3) is 0.0333. The van der Waals surface area contributed by atoms with Crippen LogP contribution in [0.5, 0.6) is 0 Å². The van der Waals surface area contributed by atoms with Crippen molar-refractivity contribution in [3.63, 3.8) is 0 Å². The van der Waals surface area contributed by atoms with Crippen LogP contribution in [-0.4, -0.2) is 0 Å². The second-order valence-corrected chi connectivity index (χ2v) is 15.4. The van der Waals surface area contributed by atoms with E-state index in [9.17, 15) is 0 Å². The summed E-state index contributed by atoms with van der Waals surface area (Å²) >= 11 is 0. The van der Waals surface area contributed by atoms with Crippen molar-refractivity contribution in [1.29, 1.82) is 0 Å². The Labute approximate surface area is 366 Å². The Morgan fingerprint density at radius 3 is 1.53 bits per heavy atom. The van der Waals surface area contributed by atoms with Crippen LogP contribution < -0.4 is 9.80 Å². The van der Waals surface area contributed by atoms with Crippen LogP contribution in [0, 0.1) is 0 Å². The Balaban J connectivity index is 1.03. The summed E-state index contributed by atoms with van der Waals surface area (Å²) in [5.41, 5.74) is 17.2. The van der Waals surface area contributed by atoms with E-state index in [0.29, 0.717) is 0 Å². The minimum absolute atomic E-state index is 0.241. The van der Waals surface area contributed by atoms with E-state index >= 15 is 0 Å². The van der Waals surface area contributed by atoms with Gasteiger partial charge < -0.3 is 9.80 Å². The van der Waals surface area contributed by atoms with Crippen LogP contribution in [0.15, 0.2) is 273 Å². The highest BCUT2D eigenvalue weighted by molar-refractivity contribution is 5.88. The van der Waals surface area contributed by atoms with Crippen molar-refractivity contribution < 1.29 is 0 Å². The molecule has 9 rings (SSSR count). The van der Waals surface area contributed by atoms with Crippen molar-refractivity contribution >= 4 is 22.7 Å². The molecule has 0 fully saturated rings. The second-order valence-electron chi connectivity index (χ2n) is 15.4. The molecule has 8 aromatic rings. The molecule has 0 spiro atoms. The molecule has 1 unspecified atom stereocenters. The van der Waals surface area contributed by atoms with Gasteiger partial charge in [0.15, 0.2) is 0 Å². The molecule has 1 aliphatic carbocycles. The van der Waals surface area contributed by atoms with Gasteiger partial charge in [-0.1, -0.05) is 195 Å². The number of nitrogens with zero attached hydrogens (tertiary/aromatic N) is 2. The van der Waals surface area contributed by atoms with E-state index in [2.05, 4.69) is 247 Å². The Morgan fingerprint density at radius 1 is 0.452 bits per heavy atom. The van der Waals surface area contributed by atoms with Gasteiger partial charge in [-0.05, 0) is 123 Å². The third kappa shape index (κ3) is 8.54. The highest BCUT2D eigenvalue weighted by Gasteiger charge is 2.21. The fourth-order valence-corrected chi connectivity index (χ4v) is 8.43. The van der Waals surface area contributed by atoms with Crippen LogP contribution in [0.3, 0.4) is 0 Å². The lowest BCUT2D eigenvalue weighted by Crippen LogP contribution is -2.17. The van der Waals surface area contributed by atoms with E-state index in [1.807, 2.05) is 24.3 Å². The number of hydrogen-bond acceptors (Lipinski definition) is 2. The first-order valence-electron chi connectivity index (χ1n) is 21.3. The van der Waals surface area contributed by atoms with Crippen molar-refractivity contribution in [3.8, 4) is 44.5 Å². The van der Waals surface area contributed by atoms with E-state index < -0.39 is 0 Å². The minimum atomic E-state index is 0.241. The first-order chi connectivity index (χ1) is 30.7. The zero-order valence-electron chi connectivity index (χ0n) is 34.8. The van der Waals surface area contributed by atoms with E-state index in [1.54, 1.807) is 0 Å². The predicted molar refractivity (Wildman–Crippen MR) is 265 cm³/mol. The SMILES string of the molecule is C=C/C=C(\C=C)N(c1ccc(-c2ccccc2)cc1)c1ccc(-c2cccc(C3C=CC(N(c4ccccc4)c4ccc(-c5ccccc5)cc4)=CC3)c2)c(-c2ccccc2)c1. The molecule has 62 heavy (non-hydrogen) atoms. The van der Waals surface area contributed by atoms with Gasteiger partial charge >= 0.3 is 0 Å². The summed E-state index contributed by atoms with van der Waals surface area (Å²) in [6, 6.07) is 75.9. The quantitative estimate of drug-likeness (QED) is 0.107. The van der Waals surface area contributed by atoms with Gasteiger partial charge in [0.2, 0.25) is 0 Å². The van der Waals surface area contributed by atoms with E-state index in [0.717, 1.165) is 46.0 Å². The third-order valence-corrected chi connectivity index (χ3v) is 11.5. The number of para-hydroxylation sites is 1. The van der Waals surface area contributed by atoms with E-state index in [-0.39, 0.29) is 5.92 Å². The topological polar surface area (TPSA) is 6.48 Å². The smallest absolute Gasteiger partial charge is 0.0468 e. The molecule has 0 saturated heterocycles. The van der Waals surface area contributed by atoms with Gasteiger partial charge in [0.1, 0.15) is 0 Å². The summed E-state index contributed by atoms with van der Waals surface area (Å²) in [6.45, 7) is 8.23. The van der Waals surface area contributed by atoms with Crippen molar-refractivity contribution in [2.24, 2.45) is 0 Å². The van der Waals surface area contributed by atoms with Gasteiger partial charge in [-0.2, -0.15) is 0 Å². The van der Waals surface area contributed by atoms with Crippen LogP contribution in [0.4, 0.5) is 22.7 Å². The average molecular weight is 797 g/mol. The van der Waals surface area contributed by atoms with Crippen LogP contribution in [0.1, 0.15) is 17.9 Å². The van der Waals surface area contributed by atoms with Gasteiger partial charge in [0.05, 0.1) is 0 Å². The monoisotopic (exact) mass is 796 g/mol. The predicted octanol–water partition coefficient (Wildman–Crippen LogP) is 16.5. The Hall–Kier alpha value is -7.94. The largest absolute Gasteiger partial charge is 0.311 e. The molecule has 2 nitrogen and oxygen atoms in total. The Kier molecular flexibility index (Phi) is 11.8. The zero-order chi connectivity index (χ0) is 42.1. The van der Waals surface area contributed by atoms with Gasteiger partial charge in [0, 0.05) is 40.1 Å². The molecule has 1 aliphatic rings. The lowest BCUT2D eigenvalue weighted by atomic mass is 9.87. The number of rotatable bonds is 13. The maximum atomic E-state index is 4.21. The molecule has 2 heteroatoms. The fourth-order valence-electron chi connectivity index (χ4n) is 8.43. The minimum Gasteiger partial charge on any atom is -0.311 e. The first kappa shape index (κ1) is 39.5. The van der Waals surface area contributed by atoms with Crippen LogP contribution in [0.25, 0.3) is 44.5 Å². The summed E-state index contributed by atoms with van der Waals surface area (Å²) in [7, 11) is 0. The molecular formula is C60H48N2. The van der Waals surface area contributed by atoms with Crippen molar-refractivity contribution in [2.45, 2.75) is 12.3 Å². The molecule has 0 amide bonds. The number of anilines is 4. The maximum absolute atomic E-state index is 4.21. The molecule has 0 aromatic heterocycles. The molecule has 0 radical (unpaired) electrons. The lowest BCUT2D eigenvalue weighted by Gasteiger charge is -2.29. The standard InChI is InChI=1S/C60H48N2/c1-3-18-53(4-2)61(55-35-29-47(30-36-55)45-19-9-5-10-20-45)58-41-42-59(60(44-58)50-23-13-7-14-24-50)52-26-17-25-51(43-52)49-33-39-57(40-34-49)62(54-27-15-8-16-28-54)56-37-31-48(32-38-56)46-21-11-6-12-22-46/h3-33,35-44,49H,1-2,34H2/b53-18+. The van der Waals surface area contributed by atoms with Crippen LogP contribution >= 0.6 is 0 Å². The molecular weight excluding hydrogens is 749 g/mol. The van der Waals surface area contributed by atoms with E-state index in [4.69, 9.17) is 0 Å². The number of allylic oxidation sites excluding steroid dienone is 6. The first-order valence-corrected chi connectivity index (χ1v) is 21.3. The molecule has 0 aliphatic heterocycles. The Morgan fingerprint density at radius 2 is 0.968 bits per heavy atom. The summed E-state index contributed by atoms with van der Waals surface area (Å²) in [5, 5.41) is 0. The van der Waals surface area contributed by atoms with E-state index in [1.165, 1.54) is 44.6 Å². The molecule has 0 N–H and O–H groups in total. The Bertz CT molecular complexity index is 2870. The van der Waals surface area contributed by atoms with Gasteiger partial charge in [-0.3, -0.25) is 0 Å². The summed E-state index contributed by atoms with van der Waals surface area (Å²) in [6.07, 6.45) is 13.7. The molecule has 1 atom stereocenters. The normalized spacial score (nSPS) is 13.5. The highest BCUT2D eigenvalue weighted by atomic mass is 15.2. The van der Waals surface area contributed by atoms with Crippen LogP contribution in [0.2, 0.25) is 0 Å². The molecule has 298 valence electrons. The average Bonchev–Trinajstić information content (AvgIpc) is 3.36. The molecule has 0 heterocycles. The zero-order valence-corrected chi connectivity index (χ0v) is 34.8. The van der Waals surface area contributed by atoms with Crippen molar-refractivity contribution in [2.75, 3.05) is 9.80 Å². The maximum Gasteiger partial charge on any atom is 0.0468 e. The number of benzene rings is 8. The molecule has 0 saturated carbocycles. The van der Waals surface area contributed by atoms with Crippen LogP contribution in [-0.2, 0) is 0 Å². The summed E-state index contributed by atoms with van der Waals surface area (Å²) in [5.74, 6) is 0.241. The third-order valence-electron chi connectivity index (χ3n) is 11.5. The summed E-state index contributed by atoms with van der Waals surface area (Å²) < 4.78 is 0. The molecule has 0 bridgehead atoms. The summed E-state index contributed by atoms with van der Waals surface area (Å²) in [4.78, 5) is 4.61. The van der Waals surface area contributed by atoms with Gasteiger partial charge in [-0.25, -0.2) is 0 Å². The highest BCUT2D eigenvalue weighted by Crippen LogP contribution is 2.41. The van der Waals surface area contributed by atoms with Crippen molar-refractivity contribution in [1.82, 2.24) is 0 Å². The molecule has 8 aromatic carbocycles.